The monoisotopic (exact) mass is 392 g/mol. The van der Waals surface area contributed by atoms with Gasteiger partial charge in [0.05, 0.1) is 0 Å². The topological polar surface area (TPSA) is 15.7 Å². The maximum atomic E-state index is 5.61. The first-order chi connectivity index (χ1) is 14.2. The van der Waals surface area contributed by atoms with Crippen LogP contribution in [0.1, 0.15) is 49.3 Å². The van der Waals surface area contributed by atoms with E-state index >= 15 is 0 Å². The van der Waals surface area contributed by atoms with E-state index in [0.717, 1.165) is 39.1 Å². The highest BCUT2D eigenvalue weighted by Crippen LogP contribution is 2.33. The Bertz CT molecular complexity index is 802. The van der Waals surface area contributed by atoms with Gasteiger partial charge in [0, 0.05) is 38.0 Å². The van der Waals surface area contributed by atoms with Crippen LogP contribution in [0.4, 0.5) is 5.69 Å². The van der Waals surface area contributed by atoms with E-state index in [1.54, 1.807) is 0 Å². The van der Waals surface area contributed by atoms with Crippen LogP contribution in [-0.2, 0) is 11.3 Å². The van der Waals surface area contributed by atoms with Crippen molar-refractivity contribution in [3.8, 4) is 11.1 Å². The van der Waals surface area contributed by atoms with Crippen LogP contribution in [-0.4, -0.2) is 43.8 Å². The van der Waals surface area contributed by atoms with Gasteiger partial charge in [0.2, 0.25) is 0 Å². The molecule has 2 aliphatic rings. The molecular formula is C26H36N2O. The van der Waals surface area contributed by atoms with Gasteiger partial charge < -0.3 is 9.64 Å². The maximum Gasteiger partial charge on any atom is 0.0485 e. The molecule has 0 spiro atoms. The number of anilines is 1. The molecule has 4 rings (SSSR count). The summed E-state index contributed by atoms with van der Waals surface area (Å²) in [7, 11) is 0. The summed E-state index contributed by atoms with van der Waals surface area (Å²) >= 11 is 0. The lowest BCUT2D eigenvalue weighted by Crippen LogP contribution is -2.39. The number of likely N-dealkylation sites (tertiary alicyclic amines) is 1. The van der Waals surface area contributed by atoms with E-state index in [0.29, 0.717) is 6.04 Å². The number of ether oxygens (including phenoxy) is 1. The van der Waals surface area contributed by atoms with Crippen LogP contribution in [0.3, 0.4) is 0 Å². The van der Waals surface area contributed by atoms with Gasteiger partial charge in [0.25, 0.3) is 0 Å². The number of benzene rings is 2. The van der Waals surface area contributed by atoms with Crippen molar-refractivity contribution in [3.05, 3.63) is 53.1 Å². The van der Waals surface area contributed by atoms with E-state index in [1.165, 1.54) is 59.4 Å². The Hall–Kier alpha value is -1.84. The zero-order chi connectivity index (χ0) is 20.2. The summed E-state index contributed by atoms with van der Waals surface area (Å²) in [4.78, 5) is 5.17. The Labute approximate surface area is 176 Å². The lowest BCUT2D eigenvalue weighted by atomic mass is 9.96. The van der Waals surface area contributed by atoms with E-state index in [2.05, 4.69) is 67.0 Å². The Morgan fingerprint density at radius 1 is 0.966 bits per heavy atom. The number of hydrogen-bond acceptors (Lipinski definition) is 3. The zero-order valence-electron chi connectivity index (χ0n) is 18.4. The first-order valence-electron chi connectivity index (χ1n) is 11.4. The molecule has 0 amide bonds. The Balaban J connectivity index is 1.58. The summed E-state index contributed by atoms with van der Waals surface area (Å²) in [6, 6.07) is 14.6. The highest BCUT2D eigenvalue weighted by molar-refractivity contribution is 5.72. The fourth-order valence-corrected chi connectivity index (χ4v) is 4.93. The molecule has 29 heavy (non-hydrogen) atoms. The average Bonchev–Trinajstić information content (AvgIpc) is 3.26. The molecule has 0 aromatic heterocycles. The molecule has 0 atom stereocenters. The number of hydrogen-bond donors (Lipinski definition) is 0. The molecule has 0 saturated carbocycles. The van der Waals surface area contributed by atoms with Crippen molar-refractivity contribution in [3.63, 3.8) is 0 Å². The molecule has 0 unspecified atom stereocenters. The lowest BCUT2D eigenvalue weighted by molar-refractivity contribution is 0.0846. The molecule has 2 heterocycles. The molecule has 156 valence electrons. The molecule has 2 aromatic carbocycles. The standard InChI is InChI=1S/C26H36N2O/c1-4-28(25-11-15-29-16-12-25)26-18-24(17-20(2)21(26)3)23-9-7-22(8-10-23)19-27-13-5-6-14-27/h7-10,17-18,25H,4-6,11-16,19H2,1-3H3. The minimum absolute atomic E-state index is 0.588. The molecule has 2 saturated heterocycles. The van der Waals surface area contributed by atoms with Crippen LogP contribution in [0.25, 0.3) is 11.1 Å². The largest absolute Gasteiger partial charge is 0.381 e. The van der Waals surface area contributed by atoms with Crippen molar-refractivity contribution in [2.24, 2.45) is 0 Å². The van der Waals surface area contributed by atoms with Crippen molar-refractivity contribution in [2.75, 3.05) is 37.7 Å². The molecule has 3 nitrogen and oxygen atoms in total. The van der Waals surface area contributed by atoms with Gasteiger partial charge in [-0.25, -0.2) is 0 Å². The molecule has 2 fully saturated rings. The number of nitrogens with zero attached hydrogens (tertiary/aromatic N) is 2. The summed E-state index contributed by atoms with van der Waals surface area (Å²) in [6.07, 6.45) is 4.96. The van der Waals surface area contributed by atoms with E-state index in [9.17, 15) is 0 Å². The molecule has 2 aromatic rings. The Morgan fingerprint density at radius 2 is 1.66 bits per heavy atom. The SMILES string of the molecule is CCN(c1cc(-c2ccc(CN3CCCC3)cc2)cc(C)c1C)C1CCOCC1. The quantitative estimate of drug-likeness (QED) is 0.639. The number of rotatable bonds is 6. The van der Waals surface area contributed by atoms with Gasteiger partial charge in [-0.2, -0.15) is 0 Å². The number of aryl methyl sites for hydroxylation is 1. The normalized spacial score (nSPS) is 18.3. The predicted octanol–water partition coefficient (Wildman–Crippen LogP) is 5.57. The molecule has 0 N–H and O–H groups in total. The fraction of sp³-hybridized carbons (Fsp3) is 0.538. The predicted molar refractivity (Wildman–Crippen MR) is 123 cm³/mol. The summed E-state index contributed by atoms with van der Waals surface area (Å²) in [5.41, 5.74) is 8.27. The fourth-order valence-electron chi connectivity index (χ4n) is 4.93. The van der Waals surface area contributed by atoms with Crippen LogP contribution in [0.5, 0.6) is 0 Å². The van der Waals surface area contributed by atoms with Crippen LogP contribution in [0, 0.1) is 13.8 Å². The summed E-state index contributed by atoms with van der Waals surface area (Å²) in [5, 5.41) is 0. The van der Waals surface area contributed by atoms with Gasteiger partial charge >= 0.3 is 0 Å². The summed E-state index contributed by atoms with van der Waals surface area (Å²) in [5.74, 6) is 0. The second-order valence-corrected chi connectivity index (χ2v) is 8.75. The van der Waals surface area contributed by atoms with Crippen LogP contribution < -0.4 is 4.90 Å². The summed E-state index contributed by atoms with van der Waals surface area (Å²) in [6.45, 7) is 13.2. The minimum Gasteiger partial charge on any atom is -0.381 e. The molecule has 2 aliphatic heterocycles. The third-order valence-electron chi connectivity index (χ3n) is 6.81. The van der Waals surface area contributed by atoms with Gasteiger partial charge in [-0.05, 0) is 93.4 Å². The van der Waals surface area contributed by atoms with Crippen molar-refractivity contribution < 1.29 is 4.74 Å². The smallest absolute Gasteiger partial charge is 0.0485 e. The van der Waals surface area contributed by atoms with Gasteiger partial charge in [0.1, 0.15) is 0 Å². The van der Waals surface area contributed by atoms with Crippen LogP contribution in [0.15, 0.2) is 36.4 Å². The first-order valence-corrected chi connectivity index (χ1v) is 11.4. The zero-order valence-corrected chi connectivity index (χ0v) is 18.4. The van der Waals surface area contributed by atoms with Gasteiger partial charge in [0.15, 0.2) is 0 Å². The highest BCUT2D eigenvalue weighted by atomic mass is 16.5. The Kier molecular flexibility index (Phi) is 6.56. The average molecular weight is 393 g/mol. The van der Waals surface area contributed by atoms with E-state index < -0.39 is 0 Å². The molecular weight excluding hydrogens is 356 g/mol. The van der Waals surface area contributed by atoms with Crippen molar-refractivity contribution in [2.45, 2.75) is 59.0 Å². The van der Waals surface area contributed by atoms with Gasteiger partial charge in [-0.1, -0.05) is 30.3 Å². The van der Waals surface area contributed by atoms with Gasteiger partial charge in [-0.3, -0.25) is 4.90 Å². The molecule has 3 heteroatoms. The molecule has 0 radical (unpaired) electrons. The van der Waals surface area contributed by atoms with E-state index in [-0.39, 0.29) is 0 Å². The second-order valence-electron chi connectivity index (χ2n) is 8.75. The first kappa shape index (κ1) is 20.4. The third-order valence-corrected chi connectivity index (χ3v) is 6.81. The van der Waals surface area contributed by atoms with Crippen molar-refractivity contribution in [1.82, 2.24) is 4.90 Å². The second kappa shape index (κ2) is 9.32. The van der Waals surface area contributed by atoms with Crippen molar-refractivity contribution in [1.29, 1.82) is 0 Å². The third kappa shape index (κ3) is 4.67. The highest BCUT2D eigenvalue weighted by Gasteiger charge is 2.23. The van der Waals surface area contributed by atoms with Crippen LogP contribution in [0.2, 0.25) is 0 Å². The molecule has 0 bridgehead atoms. The van der Waals surface area contributed by atoms with E-state index in [4.69, 9.17) is 4.74 Å². The van der Waals surface area contributed by atoms with Gasteiger partial charge in [-0.15, -0.1) is 0 Å². The maximum absolute atomic E-state index is 5.61. The Morgan fingerprint density at radius 3 is 2.31 bits per heavy atom. The summed E-state index contributed by atoms with van der Waals surface area (Å²) < 4.78 is 5.61. The van der Waals surface area contributed by atoms with E-state index in [1.807, 2.05) is 0 Å². The van der Waals surface area contributed by atoms with Crippen LogP contribution >= 0.6 is 0 Å². The minimum atomic E-state index is 0.588. The van der Waals surface area contributed by atoms with Crippen molar-refractivity contribution >= 4 is 5.69 Å². The lowest BCUT2D eigenvalue weighted by Gasteiger charge is -2.37. The molecule has 0 aliphatic carbocycles.